The van der Waals surface area contributed by atoms with Crippen LogP contribution in [0.25, 0.3) is 0 Å². The zero-order chi connectivity index (χ0) is 14.8. The molecule has 0 atom stereocenters. The summed E-state index contributed by atoms with van der Waals surface area (Å²) < 4.78 is 5.77. The average molecular weight is 279 g/mol. The fraction of sp³-hybridized carbons (Fsp3) is 0.263. The topological polar surface area (TPSA) is 35.2 Å². The number of rotatable bonds is 6. The summed E-state index contributed by atoms with van der Waals surface area (Å²) >= 11 is 0. The van der Waals surface area contributed by atoms with Crippen molar-refractivity contribution in [3.63, 3.8) is 0 Å². The summed E-state index contributed by atoms with van der Waals surface area (Å²) in [6.07, 6.45) is 3.29. The van der Waals surface area contributed by atoms with Crippen LogP contribution in [0.3, 0.4) is 0 Å². The molecule has 2 N–H and O–H groups in total. The summed E-state index contributed by atoms with van der Waals surface area (Å²) in [7, 11) is 0. The van der Waals surface area contributed by atoms with Crippen molar-refractivity contribution in [2.45, 2.75) is 19.3 Å². The van der Waals surface area contributed by atoms with Gasteiger partial charge in [0.05, 0.1) is 13.2 Å². The van der Waals surface area contributed by atoms with Crippen molar-refractivity contribution < 1.29 is 4.74 Å². The molecule has 0 amide bonds. The molecule has 108 valence electrons. The van der Waals surface area contributed by atoms with Gasteiger partial charge in [0.25, 0.3) is 0 Å². The largest absolute Gasteiger partial charge is 0.494 e. The Hall–Kier alpha value is -2.24. The second kappa shape index (κ2) is 8.84. The van der Waals surface area contributed by atoms with Crippen LogP contribution < -0.4 is 10.5 Å². The van der Waals surface area contributed by atoms with Crippen molar-refractivity contribution in [1.82, 2.24) is 0 Å². The van der Waals surface area contributed by atoms with E-state index in [-0.39, 0.29) is 0 Å². The van der Waals surface area contributed by atoms with E-state index in [1.807, 2.05) is 30.3 Å². The Morgan fingerprint density at radius 3 is 2.62 bits per heavy atom. The van der Waals surface area contributed by atoms with Crippen molar-refractivity contribution in [2.24, 2.45) is 5.73 Å². The van der Waals surface area contributed by atoms with Crippen LogP contribution in [0.5, 0.6) is 5.75 Å². The summed E-state index contributed by atoms with van der Waals surface area (Å²) in [5, 5.41) is 0. The molecule has 0 radical (unpaired) electrons. The number of ether oxygens (including phenoxy) is 1. The molecule has 0 unspecified atom stereocenters. The van der Waals surface area contributed by atoms with Crippen molar-refractivity contribution in [3.8, 4) is 17.6 Å². The van der Waals surface area contributed by atoms with E-state index in [9.17, 15) is 0 Å². The normalized spacial score (nSPS) is 9.76. The summed E-state index contributed by atoms with van der Waals surface area (Å²) in [5.41, 5.74) is 7.70. The number of hydrogen-bond acceptors (Lipinski definition) is 2. The van der Waals surface area contributed by atoms with E-state index in [4.69, 9.17) is 10.5 Å². The van der Waals surface area contributed by atoms with E-state index in [1.54, 1.807) is 0 Å². The first-order valence-corrected chi connectivity index (χ1v) is 7.34. The van der Waals surface area contributed by atoms with Gasteiger partial charge in [-0.05, 0) is 43.0 Å². The standard InChI is InChI=1S/C19H21NO/c20-14-7-12-18-11-6-13-19(16-18)21-15-5-4-10-17-8-2-1-3-9-17/h1-3,6,8-9,11,13,16H,4-5,10,14-15,20H2. The first kappa shape index (κ1) is 15.2. The van der Waals surface area contributed by atoms with E-state index < -0.39 is 0 Å². The molecule has 0 bridgehead atoms. The van der Waals surface area contributed by atoms with E-state index in [0.29, 0.717) is 6.54 Å². The Kier molecular flexibility index (Phi) is 6.38. The van der Waals surface area contributed by atoms with Crippen LogP contribution >= 0.6 is 0 Å². The molecule has 0 spiro atoms. The van der Waals surface area contributed by atoms with Gasteiger partial charge in [0, 0.05) is 5.56 Å². The second-order valence-electron chi connectivity index (χ2n) is 4.82. The molecule has 0 aliphatic carbocycles. The number of benzene rings is 2. The van der Waals surface area contributed by atoms with Crippen LogP contribution in [-0.4, -0.2) is 13.2 Å². The van der Waals surface area contributed by atoms with Gasteiger partial charge in [-0.2, -0.15) is 0 Å². The van der Waals surface area contributed by atoms with Gasteiger partial charge in [-0.15, -0.1) is 0 Å². The molecule has 2 aromatic carbocycles. The first-order valence-electron chi connectivity index (χ1n) is 7.34. The lowest BCUT2D eigenvalue weighted by atomic mass is 10.1. The summed E-state index contributed by atoms with van der Waals surface area (Å²) in [6.45, 7) is 1.12. The minimum absolute atomic E-state index is 0.380. The molecule has 0 aromatic heterocycles. The number of unbranched alkanes of at least 4 members (excludes halogenated alkanes) is 1. The zero-order valence-electron chi connectivity index (χ0n) is 12.2. The van der Waals surface area contributed by atoms with Crippen LogP contribution in [0.1, 0.15) is 24.0 Å². The summed E-state index contributed by atoms with van der Waals surface area (Å²) in [4.78, 5) is 0. The van der Waals surface area contributed by atoms with E-state index in [2.05, 4.69) is 36.1 Å². The minimum Gasteiger partial charge on any atom is -0.494 e. The lowest BCUT2D eigenvalue weighted by Gasteiger charge is -2.06. The molecular weight excluding hydrogens is 258 g/mol. The predicted molar refractivity (Wildman–Crippen MR) is 87.2 cm³/mol. The first-order chi connectivity index (χ1) is 10.4. The van der Waals surface area contributed by atoms with Crippen LogP contribution in [-0.2, 0) is 6.42 Å². The molecule has 2 aromatic rings. The average Bonchev–Trinajstić information content (AvgIpc) is 2.54. The lowest BCUT2D eigenvalue weighted by molar-refractivity contribution is 0.307. The molecule has 0 aliphatic heterocycles. The zero-order valence-corrected chi connectivity index (χ0v) is 12.2. The van der Waals surface area contributed by atoms with Gasteiger partial charge in [0.2, 0.25) is 0 Å². The Morgan fingerprint density at radius 2 is 1.81 bits per heavy atom. The Balaban J connectivity index is 1.71. The van der Waals surface area contributed by atoms with Crippen molar-refractivity contribution in [2.75, 3.05) is 13.2 Å². The molecule has 0 heterocycles. The molecule has 0 saturated carbocycles. The second-order valence-corrected chi connectivity index (χ2v) is 4.82. The van der Waals surface area contributed by atoms with Crippen molar-refractivity contribution in [1.29, 1.82) is 0 Å². The highest BCUT2D eigenvalue weighted by Crippen LogP contribution is 2.13. The predicted octanol–water partition coefficient (Wildman–Crippen LogP) is 3.40. The minimum atomic E-state index is 0.380. The Bertz CT molecular complexity index is 596. The monoisotopic (exact) mass is 279 g/mol. The SMILES string of the molecule is NCC#Cc1cccc(OCCCCc2ccccc2)c1. The van der Waals surface area contributed by atoms with E-state index in [0.717, 1.165) is 37.2 Å². The molecule has 21 heavy (non-hydrogen) atoms. The Morgan fingerprint density at radius 1 is 0.952 bits per heavy atom. The third kappa shape index (κ3) is 5.72. The highest BCUT2D eigenvalue weighted by atomic mass is 16.5. The molecule has 0 fully saturated rings. The third-order valence-electron chi connectivity index (χ3n) is 3.14. The quantitative estimate of drug-likeness (QED) is 0.650. The lowest BCUT2D eigenvalue weighted by Crippen LogP contribution is -1.98. The molecule has 0 saturated heterocycles. The maximum absolute atomic E-state index is 5.77. The molecular formula is C19H21NO. The van der Waals surface area contributed by atoms with Crippen LogP contribution in [0, 0.1) is 11.8 Å². The molecule has 2 heteroatoms. The van der Waals surface area contributed by atoms with Crippen LogP contribution in [0.2, 0.25) is 0 Å². The van der Waals surface area contributed by atoms with Crippen LogP contribution in [0.4, 0.5) is 0 Å². The molecule has 0 aliphatic rings. The molecule has 2 nitrogen and oxygen atoms in total. The van der Waals surface area contributed by atoms with Crippen molar-refractivity contribution >= 4 is 0 Å². The third-order valence-corrected chi connectivity index (χ3v) is 3.14. The highest BCUT2D eigenvalue weighted by Gasteiger charge is 1.96. The van der Waals surface area contributed by atoms with Gasteiger partial charge in [-0.25, -0.2) is 0 Å². The smallest absolute Gasteiger partial charge is 0.120 e. The van der Waals surface area contributed by atoms with Gasteiger partial charge >= 0.3 is 0 Å². The maximum Gasteiger partial charge on any atom is 0.120 e. The number of nitrogens with two attached hydrogens (primary N) is 1. The van der Waals surface area contributed by atoms with Crippen molar-refractivity contribution in [3.05, 3.63) is 65.7 Å². The van der Waals surface area contributed by atoms with Gasteiger partial charge in [-0.1, -0.05) is 48.2 Å². The Labute approximate surface area is 126 Å². The van der Waals surface area contributed by atoms with E-state index in [1.165, 1.54) is 5.56 Å². The summed E-state index contributed by atoms with van der Waals surface area (Å²) in [6, 6.07) is 18.4. The van der Waals surface area contributed by atoms with Gasteiger partial charge in [0.15, 0.2) is 0 Å². The number of hydrogen-bond donors (Lipinski definition) is 1. The van der Waals surface area contributed by atoms with Gasteiger partial charge in [-0.3, -0.25) is 0 Å². The summed E-state index contributed by atoms with van der Waals surface area (Å²) in [5.74, 6) is 6.73. The highest BCUT2D eigenvalue weighted by molar-refractivity contribution is 5.39. The fourth-order valence-electron chi connectivity index (χ4n) is 2.08. The van der Waals surface area contributed by atoms with Gasteiger partial charge in [0.1, 0.15) is 5.75 Å². The fourth-order valence-corrected chi connectivity index (χ4v) is 2.08. The van der Waals surface area contributed by atoms with E-state index >= 15 is 0 Å². The van der Waals surface area contributed by atoms with Gasteiger partial charge < -0.3 is 10.5 Å². The maximum atomic E-state index is 5.77. The van der Waals surface area contributed by atoms with Crippen LogP contribution in [0.15, 0.2) is 54.6 Å². The molecule has 2 rings (SSSR count). The number of aryl methyl sites for hydroxylation is 1.